The Balaban J connectivity index is 1.59. The quantitative estimate of drug-likeness (QED) is 0.938. The minimum absolute atomic E-state index is 0.138. The first-order valence-corrected chi connectivity index (χ1v) is 8.82. The molecule has 0 spiro atoms. The van der Waals surface area contributed by atoms with Crippen LogP contribution in [0.5, 0.6) is 5.75 Å². The van der Waals surface area contributed by atoms with E-state index in [1.54, 1.807) is 0 Å². The number of primary amides is 1. The molecule has 1 atom stereocenters. The lowest BCUT2D eigenvalue weighted by atomic mass is 9.93. The third-order valence-electron chi connectivity index (χ3n) is 5.19. The van der Waals surface area contributed by atoms with Crippen molar-refractivity contribution in [1.29, 1.82) is 0 Å². The van der Waals surface area contributed by atoms with Crippen molar-refractivity contribution >= 4 is 5.91 Å². The zero-order valence-electron chi connectivity index (χ0n) is 14.8. The summed E-state index contributed by atoms with van der Waals surface area (Å²) in [6.45, 7) is 5.69. The second-order valence-electron chi connectivity index (χ2n) is 7.78. The van der Waals surface area contributed by atoms with E-state index in [1.807, 2.05) is 6.07 Å². The molecule has 1 amide bonds. The highest BCUT2D eigenvalue weighted by atomic mass is 16.5. The van der Waals surface area contributed by atoms with E-state index >= 15 is 0 Å². The molecule has 2 aromatic rings. The van der Waals surface area contributed by atoms with Gasteiger partial charge in [0.1, 0.15) is 11.4 Å². The molecule has 0 bridgehead atoms. The summed E-state index contributed by atoms with van der Waals surface area (Å²) in [5.74, 6) is 0.726. The van der Waals surface area contributed by atoms with E-state index in [4.69, 9.17) is 10.5 Å². The van der Waals surface area contributed by atoms with Gasteiger partial charge in [-0.25, -0.2) is 0 Å². The van der Waals surface area contributed by atoms with Crippen LogP contribution in [0.25, 0.3) is 0 Å². The second-order valence-corrected chi connectivity index (χ2v) is 7.78. The summed E-state index contributed by atoms with van der Waals surface area (Å²) in [5, 5.41) is 0. The molecule has 0 fully saturated rings. The molecule has 0 aliphatic carbocycles. The van der Waals surface area contributed by atoms with Crippen LogP contribution in [0.2, 0.25) is 0 Å². The van der Waals surface area contributed by atoms with Gasteiger partial charge in [-0.15, -0.1) is 0 Å². The molecular formula is C21H24N2O2. The average molecular weight is 336 g/mol. The molecule has 0 aromatic heterocycles. The number of hydrogen-bond donors (Lipinski definition) is 1. The molecule has 2 aromatic carbocycles. The third kappa shape index (κ3) is 3.14. The minimum atomic E-state index is -0.254. The standard InChI is InChI=1S/C21H24N2O2/c1-21(2)11-17-9-14(7-8-19(17)25-21)12-23-13-16-6-4-3-5-15(16)10-18(23)20(22)24/h3-9,18H,10-13H2,1-2H3,(H2,22,24). The predicted octanol–water partition coefficient (Wildman–Crippen LogP) is 2.81. The molecule has 2 aliphatic rings. The fraction of sp³-hybridized carbons (Fsp3) is 0.381. The summed E-state index contributed by atoms with van der Waals surface area (Å²) in [5.41, 5.74) is 10.5. The lowest BCUT2D eigenvalue weighted by Crippen LogP contribution is -2.48. The molecule has 0 saturated carbocycles. The highest BCUT2D eigenvalue weighted by Gasteiger charge is 2.32. The van der Waals surface area contributed by atoms with E-state index in [2.05, 4.69) is 55.1 Å². The monoisotopic (exact) mass is 336 g/mol. The summed E-state index contributed by atoms with van der Waals surface area (Å²) in [6, 6.07) is 14.4. The Morgan fingerprint density at radius 2 is 1.96 bits per heavy atom. The lowest BCUT2D eigenvalue weighted by molar-refractivity contribution is -0.124. The van der Waals surface area contributed by atoms with E-state index < -0.39 is 0 Å². The van der Waals surface area contributed by atoms with Crippen molar-refractivity contribution in [2.24, 2.45) is 5.73 Å². The van der Waals surface area contributed by atoms with Gasteiger partial charge in [0.15, 0.2) is 0 Å². The van der Waals surface area contributed by atoms with Crippen molar-refractivity contribution in [2.75, 3.05) is 0 Å². The van der Waals surface area contributed by atoms with Gasteiger partial charge in [0.2, 0.25) is 5.91 Å². The van der Waals surface area contributed by atoms with Gasteiger partial charge < -0.3 is 10.5 Å². The first-order chi connectivity index (χ1) is 11.9. The maximum atomic E-state index is 12.0. The Labute approximate surface area is 148 Å². The zero-order chi connectivity index (χ0) is 17.6. The van der Waals surface area contributed by atoms with Gasteiger partial charge in [-0.1, -0.05) is 36.4 Å². The summed E-state index contributed by atoms with van der Waals surface area (Å²) in [4.78, 5) is 14.2. The van der Waals surface area contributed by atoms with Gasteiger partial charge in [0, 0.05) is 19.5 Å². The van der Waals surface area contributed by atoms with E-state index in [0.717, 1.165) is 25.3 Å². The molecule has 130 valence electrons. The largest absolute Gasteiger partial charge is 0.487 e. The van der Waals surface area contributed by atoms with Crippen molar-refractivity contribution in [3.8, 4) is 5.75 Å². The Kier molecular flexibility index (Phi) is 3.80. The number of ether oxygens (including phenoxy) is 1. The van der Waals surface area contributed by atoms with Crippen LogP contribution in [0.4, 0.5) is 0 Å². The number of hydrogen-bond acceptors (Lipinski definition) is 3. The van der Waals surface area contributed by atoms with Gasteiger partial charge in [0.25, 0.3) is 0 Å². The average Bonchev–Trinajstić information content (AvgIpc) is 2.87. The van der Waals surface area contributed by atoms with Crippen molar-refractivity contribution in [1.82, 2.24) is 4.90 Å². The predicted molar refractivity (Wildman–Crippen MR) is 97.2 cm³/mol. The lowest BCUT2D eigenvalue weighted by Gasteiger charge is -2.35. The Morgan fingerprint density at radius 3 is 2.72 bits per heavy atom. The summed E-state index contributed by atoms with van der Waals surface area (Å²) >= 11 is 0. The van der Waals surface area contributed by atoms with Crippen LogP contribution in [-0.2, 0) is 30.7 Å². The first-order valence-electron chi connectivity index (χ1n) is 8.82. The van der Waals surface area contributed by atoms with E-state index in [-0.39, 0.29) is 17.6 Å². The SMILES string of the molecule is CC1(C)Cc2cc(CN3Cc4ccccc4CC3C(N)=O)ccc2O1. The minimum Gasteiger partial charge on any atom is -0.487 e. The number of fused-ring (bicyclic) bond motifs is 2. The molecule has 0 radical (unpaired) electrons. The number of rotatable bonds is 3. The van der Waals surface area contributed by atoms with Crippen LogP contribution in [-0.4, -0.2) is 22.4 Å². The van der Waals surface area contributed by atoms with E-state index in [0.29, 0.717) is 6.42 Å². The summed E-state index contributed by atoms with van der Waals surface area (Å²) in [7, 11) is 0. The summed E-state index contributed by atoms with van der Waals surface area (Å²) < 4.78 is 5.96. The molecule has 0 saturated heterocycles. The van der Waals surface area contributed by atoms with Gasteiger partial charge >= 0.3 is 0 Å². The molecule has 2 N–H and O–H groups in total. The molecule has 4 heteroatoms. The Morgan fingerprint density at radius 1 is 1.20 bits per heavy atom. The van der Waals surface area contributed by atoms with Crippen LogP contribution in [0, 0.1) is 0 Å². The van der Waals surface area contributed by atoms with Gasteiger partial charge in [-0.05, 0) is 48.6 Å². The number of nitrogens with zero attached hydrogens (tertiary/aromatic N) is 1. The van der Waals surface area contributed by atoms with Crippen LogP contribution >= 0.6 is 0 Å². The molecule has 1 unspecified atom stereocenters. The van der Waals surface area contributed by atoms with Crippen LogP contribution in [0.15, 0.2) is 42.5 Å². The van der Waals surface area contributed by atoms with Crippen molar-refractivity contribution in [2.45, 2.75) is 51.4 Å². The van der Waals surface area contributed by atoms with E-state index in [1.165, 1.54) is 22.3 Å². The Bertz CT molecular complexity index is 828. The van der Waals surface area contributed by atoms with E-state index in [9.17, 15) is 4.79 Å². The molecular weight excluding hydrogens is 312 g/mol. The van der Waals surface area contributed by atoms with Crippen LogP contribution in [0.3, 0.4) is 0 Å². The first kappa shape index (κ1) is 16.2. The highest BCUT2D eigenvalue weighted by molar-refractivity contribution is 5.80. The van der Waals surface area contributed by atoms with Crippen molar-refractivity contribution in [3.05, 3.63) is 64.7 Å². The fourth-order valence-corrected chi connectivity index (χ4v) is 4.02. The molecule has 4 rings (SSSR count). The van der Waals surface area contributed by atoms with Crippen LogP contribution in [0.1, 0.15) is 36.1 Å². The van der Waals surface area contributed by atoms with Gasteiger partial charge in [0.05, 0.1) is 6.04 Å². The van der Waals surface area contributed by atoms with Gasteiger partial charge in [-0.2, -0.15) is 0 Å². The van der Waals surface area contributed by atoms with Crippen molar-refractivity contribution < 1.29 is 9.53 Å². The number of nitrogens with two attached hydrogens (primary N) is 1. The fourth-order valence-electron chi connectivity index (χ4n) is 4.02. The van der Waals surface area contributed by atoms with Crippen LogP contribution < -0.4 is 10.5 Å². The highest BCUT2D eigenvalue weighted by Crippen LogP contribution is 2.35. The number of amides is 1. The van der Waals surface area contributed by atoms with Crippen molar-refractivity contribution in [3.63, 3.8) is 0 Å². The molecule has 2 aliphatic heterocycles. The maximum Gasteiger partial charge on any atom is 0.235 e. The normalized spacial score (nSPS) is 21.3. The smallest absolute Gasteiger partial charge is 0.235 e. The number of benzene rings is 2. The van der Waals surface area contributed by atoms with Gasteiger partial charge in [-0.3, -0.25) is 9.69 Å². The maximum absolute atomic E-state index is 12.0. The number of carbonyl (C=O) groups is 1. The topological polar surface area (TPSA) is 55.6 Å². The number of carbonyl (C=O) groups excluding carboxylic acids is 1. The molecule has 4 nitrogen and oxygen atoms in total. The molecule has 2 heterocycles. The summed E-state index contributed by atoms with van der Waals surface area (Å²) in [6.07, 6.45) is 1.60. The second kappa shape index (κ2) is 5.88. The molecule has 25 heavy (non-hydrogen) atoms. The third-order valence-corrected chi connectivity index (χ3v) is 5.19. The zero-order valence-corrected chi connectivity index (χ0v) is 14.8. The Hall–Kier alpha value is -2.33.